The van der Waals surface area contributed by atoms with Crippen molar-refractivity contribution in [1.82, 2.24) is 4.90 Å². The Morgan fingerprint density at radius 1 is 1.08 bits per heavy atom. The molecule has 2 aromatic carbocycles. The molecule has 138 valence electrons. The van der Waals surface area contributed by atoms with E-state index in [1.54, 1.807) is 0 Å². The number of Topliss-reactive ketones (excluding diaryl/α,β-unsaturated/α-hetero) is 1. The highest BCUT2D eigenvalue weighted by molar-refractivity contribution is 9.10. The lowest BCUT2D eigenvalue weighted by molar-refractivity contribution is -0.0260. The van der Waals surface area contributed by atoms with Crippen molar-refractivity contribution in [3.05, 3.63) is 69.7 Å². The van der Waals surface area contributed by atoms with Crippen molar-refractivity contribution >= 4 is 21.7 Å². The maximum atomic E-state index is 12.3. The molecule has 0 unspecified atom stereocenters. The van der Waals surface area contributed by atoms with Crippen LogP contribution in [-0.4, -0.2) is 35.4 Å². The average molecular weight is 416 g/mol. The van der Waals surface area contributed by atoms with Gasteiger partial charge in [0.25, 0.3) is 0 Å². The summed E-state index contributed by atoms with van der Waals surface area (Å²) in [5, 5.41) is 10.9. The summed E-state index contributed by atoms with van der Waals surface area (Å²) in [7, 11) is 0. The van der Waals surface area contributed by atoms with Crippen LogP contribution < -0.4 is 0 Å². The molecular formula is C22H26BrNO2. The fourth-order valence-corrected chi connectivity index (χ4v) is 3.81. The second kappa shape index (κ2) is 8.47. The van der Waals surface area contributed by atoms with E-state index in [9.17, 15) is 9.90 Å². The third-order valence-corrected chi connectivity index (χ3v) is 5.85. The van der Waals surface area contributed by atoms with E-state index in [0.717, 1.165) is 54.5 Å². The van der Waals surface area contributed by atoms with Crippen LogP contribution in [0.15, 0.2) is 53.0 Å². The highest BCUT2D eigenvalue weighted by Crippen LogP contribution is 2.33. The summed E-state index contributed by atoms with van der Waals surface area (Å²) in [5.41, 5.74) is 2.25. The van der Waals surface area contributed by atoms with Crippen LogP contribution in [0, 0.1) is 6.92 Å². The summed E-state index contributed by atoms with van der Waals surface area (Å²) in [5.74, 6) is 0.216. The molecule has 4 heteroatoms. The molecule has 0 saturated carbocycles. The van der Waals surface area contributed by atoms with Gasteiger partial charge in [0.15, 0.2) is 5.78 Å². The van der Waals surface area contributed by atoms with Crippen LogP contribution in [0.1, 0.15) is 47.2 Å². The van der Waals surface area contributed by atoms with Gasteiger partial charge in [0.05, 0.1) is 5.60 Å². The minimum absolute atomic E-state index is 0.216. The molecule has 0 aliphatic carbocycles. The molecule has 1 N–H and O–H groups in total. The molecule has 1 saturated heterocycles. The van der Waals surface area contributed by atoms with Gasteiger partial charge >= 0.3 is 0 Å². The van der Waals surface area contributed by atoms with Crippen LogP contribution >= 0.6 is 15.9 Å². The van der Waals surface area contributed by atoms with E-state index in [4.69, 9.17) is 0 Å². The number of ketones is 1. The number of aryl methyl sites for hydroxylation is 1. The number of benzene rings is 2. The zero-order valence-electron chi connectivity index (χ0n) is 15.2. The molecule has 3 nitrogen and oxygen atoms in total. The van der Waals surface area contributed by atoms with Crippen molar-refractivity contribution in [2.24, 2.45) is 0 Å². The number of carbonyl (C=O) groups is 1. The molecular weight excluding hydrogens is 390 g/mol. The van der Waals surface area contributed by atoms with Crippen LogP contribution in [0.3, 0.4) is 0 Å². The second-order valence-corrected chi connectivity index (χ2v) is 8.19. The number of carbonyl (C=O) groups excluding carboxylic acids is 1. The van der Waals surface area contributed by atoms with Crippen LogP contribution in [-0.2, 0) is 5.60 Å². The maximum absolute atomic E-state index is 12.3. The molecule has 0 bridgehead atoms. The topological polar surface area (TPSA) is 40.5 Å². The van der Waals surface area contributed by atoms with Crippen LogP contribution in [0.25, 0.3) is 0 Å². The first-order valence-corrected chi connectivity index (χ1v) is 10.1. The summed E-state index contributed by atoms with van der Waals surface area (Å²) in [4.78, 5) is 14.6. The summed E-state index contributed by atoms with van der Waals surface area (Å²) in [6.07, 6.45) is 2.92. The summed E-state index contributed by atoms with van der Waals surface area (Å²) >= 11 is 3.44. The summed E-state index contributed by atoms with van der Waals surface area (Å²) in [6, 6.07) is 15.8. The molecule has 0 radical (unpaired) electrons. The van der Waals surface area contributed by atoms with Gasteiger partial charge in [-0.3, -0.25) is 4.79 Å². The molecule has 1 aliphatic rings. The number of hydrogen-bond donors (Lipinski definition) is 1. The SMILES string of the molecule is Cc1ccc(C(=O)CCCN2CCC(O)(c3ccc(Br)cc3)CC2)cc1. The number of halogens is 1. The fraction of sp³-hybridized carbons (Fsp3) is 0.409. The van der Waals surface area contributed by atoms with Crippen LogP contribution in [0.4, 0.5) is 0 Å². The number of rotatable bonds is 6. The van der Waals surface area contributed by atoms with E-state index < -0.39 is 5.60 Å². The third kappa shape index (κ3) is 4.81. The predicted octanol–water partition coefficient (Wildman–Crippen LogP) is 4.70. The minimum Gasteiger partial charge on any atom is -0.385 e. The lowest BCUT2D eigenvalue weighted by Crippen LogP contribution is -2.42. The monoisotopic (exact) mass is 415 g/mol. The largest absolute Gasteiger partial charge is 0.385 e. The first kappa shape index (κ1) is 19.3. The molecule has 2 aromatic rings. The number of likely N-dealkylation sites (tertiary alicyclic amines) is 1. The Bertz CT molecular complexity index is 732. The van der Waals surface area contributed by atoms with Crippen molar-refractivity contribution in [1.29, 1.82) is 0 Å². The van der Waals surface area contributed by atoms with Gasteiger partial charge in [-0.2, -0.15) is 0 Å². The summed E-state index contributed by atoms with van der Waals surface area (Å²) in [6.45, 7) is 4.67. The molecule has 3 rings (SSSR count). The number of hydrogen-bond acceptors (Lipinski definition) is 3. The van der Waals surface area contributed by atoms with Gasteiger partial charge in [0.2, 0.25) is 0 Å². The van der Waals surface area contributed by atoms with Crippen molar-refractivity contribution in [3.63, 3.8) is 0 Å². The Hall–Kier alpha value is -1.49. The number of piperidine rings is 1. The van der Waals surface area contributed by atoms with Gasteiger partial charge in [0.1, 0.15) is 0 Å². The number of nitrogens with zero attached hydrogens (tertiary/aromatic N) is 1. The van der Waals surface area contributed by atoms with Crippen molar-refractivity contribution in [2.75, 3.05) is 19.6 Å². The van der Waals surface area contributed by atoms with Gasteiger partial charge in [-0.05, 0) is 50.4 Å². The maximum Gasteiger partial charge on any atom is 0.162 e. The fourth-order valence-electron chi connectivity index (χ4n) is 3.54. The Labute approximate surface area is 164 Å². The van der Waals surface area contributed by atoms with Crippen molar-refractivity contribution < 1.29 is 9.90 Å². The zero-order valence-corrected chi connectivity index (χ0v) is 16.8. The van der Waals surface area contributed by atoms with E-state index in [-0.39, 0.29) is 5.78 Å². The smallest absolute Gasteiger partial charge is 0.162 e. The lowest BCUT2D eigenvalue weighted by Gasteiger charge is -2.38. The van der Waals surface area contributed by atoms with Gasteiger partial charge in [-0.25, -0.2) is 0 Å². The number of aliphatic hydroxyl groups is 1. The van der Waals surface area contributed by atoms with E-state index in [1.165, 1.54) is 5.56 Å². The predicted molar refractivity (Wildman–Crippen MR) is 108 cm³/mol. The molecule has 1 aliphatic heterocycles. The van der Waals surface area contributed by atoms with Crippen molar-refractivity contribution in [2.45, 2.75) is 38.2 Å². The van der Waals surface area contributed by atoms with Gasteiger partial charge in [-0.15, -0.1) is 0 Å². The Balaban J connectivity index is 1.44. The lowest BCUT2D eigenvalue weighted by atomic mass is 9.84. The molecule has 1 fully saturated rings. The molecule has 0 aromatic heterocycles. The molecule has 0 spiro atoms. The van der Waals surface area contributed by atoms with E-state index in [1.807, 2.05) is 55.5 Å². The standard InChI is InChI=1S/C22H26BrNO2/c1-17-4-6-18(7-5-17)21(25)3-2-14-24-15-12-22(26,13-16-24)19-8-10-20(23)11-9-19/h4-11,26H,2-3,12-16H2,1H3. The second-order valence-electron chi connectivity index (χ2n) is 7.27. The first-order chi connectivity index (χ1) is 12.5. The average Bonchev–Trinajstić information content (AvgIpc) is 2.64. The quantitative estimate of drug-likeness (QED) is 0.694. The van der Waals surface area contributed by atoms with E-state index in [2.05, 4.69) is 20.8 Å². The Kier molecular flexibility index (Phi) is 6.28. The normalized spacial score (nSPS) is 17.2. The first-order valence-electron chi connectivity index (χ1n) is 9.27. The van der Waals surface area contributed by atoms with Gasteiger partial charge < -0.3 is 10.0 Å². The summed E-state index contributed by atoms with van der Waals surface area (Å²) < 4.78 is 1.03. The molecule has 1 heterocycles. The molecule has 26 heavy (non-hydrogen) atoms. The van der Waals surface area contributed by atoms with E-state index >= 15 is 0 Å². The Morgan fingerprint density at radius 3 is 2.31 bits per heavy atom. The highest BCUT2D eigenvalue weighted by atomic mass is 79.9. The minimum atomic E-state index is -0.727. The third-order valence-electron chi connectivity index (χ3n) is 5.32. The highest BCUT2D eigenvalue weighted by Gasteiger charge is 2.33. The van der Waals surface area contributed by atoms with Crippen LogP contribution in [0.2, 0.25) is 0 Å². The van der Waals surface area contributed by atoms with Gasteiger partial charge in [0, 0.05) is 29.5 Å². The molecule has 0 atom stereocenters. The van der Waals surface area contributed by atoms with Crippen molar-refractivity contribution in [3.8, 4) is 0 Å². The molecule has 0 amide bonds. The zero-order chi connectivity index (χ0) is 18.6. The van der Waals surface area contributed by atoms with Gasteiger partial charge in [-0.1, -0.05) is 57.9 Å². The Morgan fingerprint density at radius 2 is 1.69 bits per heavy atom. The van der Waals surface area contributed by atoms with E-state index in [0.29, 0.717) is 6.42 Å². The van der Waals surface area contributed by atoms with Crippen LogP contribution in [0.5, 0.6) is 0 Å².